The van der Waals surface area contributed by atoms with Gasteiger partial charge in [0.05, 0.1) is 0 Å². The Morgan fingerprint density at radius 2 is 2.29 bits per heavy atom. The molecule has 0 saturated carbocycles. The van der Waals surface area contributed by atoms with Gasteiger partial charge < -0.3 is 5.73 Å². The maximum Gasteiger partial charge on any atom is 0.0295 e. The number of hydrogen-bond donors (Lipinski definition) is 1. The van der Waals surface area contributed by atoms with Crippen molar-refractivity contribution in [3.05, 3.63) is 48.0 Å². The van der Waals surface area contributed by atoms with Gasteiger partial charge in [0.15, 0.2) is 0 Å². The topological polar surface area (TPSA) is 26.0 Å². The highest BCUT2D eigenvalue weighted by atomic mass is 14.6. The summed E-state index contributed by atoms with van der Waals surface area (Å²) in [4.78, 5) is 0. The first kappa shape index (κ1) is 11.0. The predicted molar refractivity (Wildman–Crippen MR) is 62.2 cm³/mol. The molecule has 0 spiro atoms. The molecule has 0 aliphatic rings. The minimum atomic E-state index is 0.176. The first-order valence-electron chi connectivity index (χ1n) is 5.17. The van der Waals surface area contributed by atoms with Crippen LogP contribution in [0.25, 0.3) is 0 Å². The molecule has 1 atom stereocenters. The number of hydrogen-bond acceptors (Lipinski definition) is 1. The van der Waals surface area contributed by atoms with E-state index in [2.05, 4.69) is 37.8 Å². The number of rotatable bonds is 5. The molecule has 1 aromatic rings. The molecule has 1 heteroatoms. The van der Waals surface area contributed by atoms with Gasteiger partial charge in [0.1, 0.15) is 0 Å². The van der Waals surface area contributed by atoms with E-state index in [0.29, 0.717) is 0 Å². The fourth-order valence-electron chi connectivity index (χ4n) is 1.55. The van der Waals surface area contributed by atoms with Crippen molar-refractivity contribution in [3.63, 3.8) is 0 Å². The molecule has 0 amide bonds. The zero-order valence-corrected chi connectivity index (χ0v) is 8.87. The van der Waals surface area contributed by atoms with E-state index in [4.69, 9.17) is 5.73 Å². The summed E-state index contributed by atoms with van der Waals surface area (Å²) in [6.07, 6.45) is 5.16. The Balaban J connectivity index is 2.51. The van der Waals surface area contributed by atoms with E-state index >= 15 is 0 Å². The highest BCUT2D eigenvalue weighted by Gasteiger charge is 2.04. The van der Waals surface area contributed by atoms with Crippen molar-refractivity contribution in [2.24, 2.45) is 5.73 Å². The van der Waals surface area contributed by atoms with E-state index in [9.17, 15) is 0 Å². The number of benzene rings is 1. The van der Waals surface area contributed by atoms with Gasteiger partial charge in [-0.05, 0) is 31.7 Å². The van der Waals surface area contributed by atoms with E-state index in [1.165, 1.54) is 11.1 Å². The molecule has 0 aromatic heterocycles. The Hall–Kier alpha value is -1.08. The van der Waals surface area contributed by atoms with Crippen molar-refractivity contribution in [2.75, 3.05) is 0 Å². The molecule has 1 unspecified atom stereocenters. The van der Waals surface area contributed by atoms with Crippen molar-refractivity contribution in [1.82, 2.24) is 0 Å². The molecule has 0 fully saturated rings. The van der Waals surface area contributed by atoms with Gasteiger partial charge >= 0.3 is 0 Å². The molecule has 0 radical (unpaired) electrons. The van der Waals surface area contributed by atoms with Gasteiger partial charge in [0.25, 0.3) is 0 Å². The summed E-state index contributed by atoms with van der Waals surface area (Å²) in [6.45, 7) is 5.80. The average molecular weight is 189 g/mol. The quantitative estimate of drug-likeness (QED) is 0.558. The van der Waals surface area contributed by atoms with E-state index in [0.717, 1.165) is 19.3 Å². The molecule has 1 nitrogen and oxygen atoms in total. The average Bonchev–Trinajstić information content (AvgIpc) is 2.18. The lowest BCUT2D eigenvalue weighted by Crippen LogP contribution is -2.09. The number of allylic oxidation sites excluding steroid dienone is 1. The molecule has 2 N–H and O–H groups in total. The van der Waals surface area contributed by atoms with Crippen LogP contribution in [0, 0.1) is 6.92 Å². The first-order chi connectivity index (χ1) is 6.74. The highest BCUT2D eigenvalue weighted by molar-refractivity contribution is 5.24. The summed E-state index contributed by atoms with van der Waals surface area (Å²) >= 11 is 0. The van der Waals surface area contributed by atoms with E-state index in [1.54, 1.807) is 0 Å². The molecule has 1 aromatic carbocycles. The number of aryl methyl sites for hydroxylation is 1. The first-order valence-corrected chi connectivity index (χ1v) is 5.17. The Morgan fingerprint density at radius 3 is 2.93 bits per heavy atom. The molecule has 0 heterocycles. The lowest BCUT2D eigenvalue weighted by Gasteiger charge is -2.11. The van der Waals surface area contributed by atoms with Gasteiger partial charge in [-0.25, -0.2) is 0 Å². The van der Waals surface area contributed by atoms with Crippen molar-refractivity contribution >= 4 is 0 Å². The van der Waals surface area contributed by atoms with Crippen LogP contribution in [0.5, 0.6) is 0 Å². The Bertz CT molecular complexity index is 291. The van der Waals surface area contributed by atoms with Gasteiger partial charge in [-0.3, -0.25) is 0 Å². The normalized spacial score (nSPS) is 12.4. The second kappa shape index (κ2) is 5.61. The molecule has 0 bridgehead atoms. The second-order valence-electron chi connectivity index (χ2n) is 3.74. The molecular weight excluding hydrogens is 170 g/mol. The lowest BCUT2D eigenvalue weighted by molar-refractivity contribution is 0.617. The summed E-state index contributed by atoms with van der Waals surface area (Å²) in [5, 5.41) is 0. The van der Waals surface area contributed by atoms with E-state index in [-0.39, 0.29) is 6.04 Å². The third-order valence-corrected chi connectivity index (χ3v) is 2.39. The maximum absolute atomic E-state index is 6.07. The van der Waals surface area contributed by atoms with Gasteiger partial charge in [0, 0.05) is 6.04 Å². The van der Waals surface area contributed by atoms with Crippen molar-refractivity contribution in [3.8, 4) is 0 Å². The molecule has 0 aliphatic carbocycles. The van der Waals surface area contributed by atoms with E-state index < -0.39 is 0 Å². The molecule has 14 heavy (non-hydrogen) atoms. The van der Waals surface area contributed by atoms with Gasteiger partial charge in [-0.15, -0.1) is 6.58 Å². The fourth-order valence-corrected chi connectivity index (χ4v) is 1.55. The van der Waals surface area contributed by atoms with Crippen LogP contribution in [0.4, 0.5) is 0 Å². The Kier molecular flexibility index (Phi) is 4.41. The third-order valence-electron chi connectivity index (χ3n) is 2.39. The maximum atomic E-state index is 6.07. The second-order valence-corrected chi connectivity index (χ2v) is 3.74. The van der Waals surface area contributed by atoms with Crippen LogP contribution in [0.15, 0.2) is 36.9 Å². The lowest BCUT2D eigenvalue weighted by atomic mass is 10.0. The zero-order valence-electron chi connectivity index (χ0n) is 8.87. The monoisotopic (exact) mass is 189 g/mol. The van der Waals surface area contributed by atoms with Gasteiger partial charge in [-0.2, -0.15) is 0 Å². The zero-order chi connectivity index (χ0) is 10.4. The standard InChI is InChI=1S/C13H19N/c1-3-4-5-9-13(14)12-8-6-7-11(2)10-12/h3,6-8,10,13H,1,4-5,9,14H2,2H3. The summed E-state index contributed by atoms with van der Waals surface area (Å²) in [7, 11) is 0. The third kappa shape index (κ3) is 3.35. The van der Waals surface area contributed by atoms with Crippen LogP contribution in [0.1, 0.15) is 36.4 Å². The number of nitrogens with two attached hydrogens (primary N) is 1. The van der Waals surface area contributed by atoms with Crippen molar-refractivity contribution < 1.29 is 0 Å². The van der Waals surface area contributed by atoms with Gasteiger partial charge in [-0.1, -0.05) is 35.9 Å². The highest BCUT2D eigenvalue weighted by Crippen LogP contribution is 2.17. The SMILES string of the molecule is C=CCCCC(N)c1cccc(C)c1. The van der Waals surface area contributed by atoms with Crippen LogP contribution in [-0.4, -0.2) is 0 Å². The van der Waals surface area contributed by atoms with Crippen LogP contribution < -0.4 is 5.73 Å². The molecular formula is C13H19N. The summed E-state index contributed by atoms with van der Waals surface area (Å²) < 4.78 is 0. The van der Waals surface area contributed by atoms with Crippen LogP contribution in [0.3, 0.4) is 0 Å². The minimum Gasteiger partial charge on any atom is -0.324 e. The van der Waals surface area contributed by atoms with Crippen LogP contribution in [-0.2, 0) is 0 Å². The summed E-state index contributed by atoms with van der Waals surface area (Å²) in [6, 6.07) is 8.61. The van der Waals surface area contributed by atoms with Crippen LogP contribution in [0.2, 0.25) is 0 Å². The van der Waals surface area contributed by atoms with Crippen molar-refractivity contribution in [2.45, 2.75) is 32.2 Å². The largest absolute Gasteiger partial charge is 0.324 e. The summed E-state index contributed by atoms with van der Waals surface area (Å²) in [5.41, 5.74) is 8.59. The Labute approximate surface area is 86.6 Å². The van der Waals surface area contributed by atoms with Crippen LogP contribution >= 0.6 is 0 Å². The summed E-state index contributed by atoms with van der Waals surface area (Å²) in [5.74, 6) is 0. The molecule has 76 valence electrons. The molecule has 0 saturated heterocycles. The van der Waals surface area contributed by atoms with Gasteiger partial charge in [0.2, 0.25) is 0 Å². The Morgan fingerprint density at radius 1 is 1.50 bits per heavy atom. The van der Waals surface area contributed by atoms with E-state index in [1.807, 2.05) is 6.08 Å². The smallest absolute Gasteiger partial charge is 0.0295 e. The predicted octanol–water partition coefficient (Wildman–Crippen LogP) is 3.35. The van der Waals surface area contributed by atoms with Crippen molar-refractivity contribution in [1.29, 1.82) is 0 Å². The fraction of sp³-hybridized carbons (Fsp3) is 0.385. The molecule has 0 aliphatic heterocycles. The minimum absolute atomic E-state index is 0.176. The molecule has 1 rings (SSSR count). The number of unbranched alkanes of at least 4 members (excludes halogenated alkanes) is 1.